The number of amides is 1. The fourth-order valence-corrected chi connectivity index (χ4v) is 3.70. The smallest absolute Gasteiger partial charge is 0.243 e. The Morgan fingerprint density at radius 1 is 0.767 bits per heavy atom. The van der Waals surface area contributed by atoms with Crippen LogP contribution in [0.5, 0.6) is 0 Å². The second-order valence-electron chi connectivity index (χ2n) is 7.29. The molecule has 1 aliphatic heterocycles. The van der Waals surface area contributed by atoms with Gasteiger partial charge in [-0.1, -0.05) is 78.9 Å². The number of hydrazone groups is 1. The van der Waals surface area contributed by atoms with Crippen LogP contribution >= 0.6 is 0 Å². The summed E-state index contributed by atoms with van der Waals surface area (Å²) < 4.78 is 6.16. The van der Waals surface area contributed by atoms with Gasteiger partial charge in [0.05, 0.1) is 0 Å². The fraction of sp³-hybridized carbons (Fsp3) is 0.0769. The summed E-state index contributed by atoms with van der Waals surface area (Å²) in [6.07, 6.45) is -0.573. The van der Waals surface area contributed by atoms with Crippen LogP contribution in [0.2, 0.25) is 0 Å². The van der Waals surface area contributed by atoms with Gasteiger partial charge in [0.1, 0.15) is 0 Å². The molecule has 4 aromatic rings. The van der Waals surface area contributed by atoms with E-state index in [0.717, 1.165) is 33.0 Å². The van der Waals surface area contributed by atoms with E-state index >= 15 is 0 Å². The summed E-state index contributed by atoms with van der Waals surface area (Å²) in [6, 6.07) is 32.4. The van der Waals surface area contributed by atoms with Crippen molar-refractivity contribution in [3.05, 3.63) is 108 Å². The summed E-state index contributed by atoms with van der Waals surface area (Å²) in [6.45, 7) is 1.50. The molecule has 0 spiro atoms. The summed E-state index contributed by atoms with van der Waals surface area (Å²) in [7, 11) is 0. The summed E-state index contributed by atoms with van der Waals surface area (Å²) >= 11 is 0. The number of carbonyl (C=O) groups is 1. The van der Waals surface area contributed by atoms with Gasteiger partial charge in [-0.25, -0.2) is 0 Å². The maximum atomic E-state index is 12.2. The maximum Gasteiger partial charge on any atom is 0.243 e. The van der Waals surface area contributed by atoms with Gasteiger partial charge in [0.25, 0.3) is 0 Å². The van der Waals surface area contributed by atoms with Gasteiger partial charge in [-0.05, 0) is 40.1 Å². The highest BCUT2D eigenvalue weighted by Gasteiger charge is 2.33. The van der Waals surface area contributed by atoms with E-state index in [2.05, 4.69) is 29.4 Å². The van der Waals surface area contributed by atoms with E-state index in [4.69, 9.17) is 4.74 Å². The molecule has 0 unspecified atom stereocenters. The number of nitrogens with zero attached hydrogens (tertiary/aromatic N) is 2. The molecule has 0 radical (unpaired) electrons. The molecule has 0 saturated carbocycles. The van der Waals surface area contributed by atoms with Gasteiger partial charge in [-0.3, -0.25) is 4.79 Å². The van der Waals surface area contributed by atoms with Crippen LogP contribution in [0.15, 0.2) is 102 Å². The Hall–Kier alpha value is -3.92. The zero-order valence-corrected chi connectivity index (χ0v) is 16.5. The van der Waals surface area contributed by atoms with Crippen molar-refractivity contribution < 1.29 is 9.53 Å². The van der Waals surface area contributed by atoms with Crippen LogP contribution in [-0.4, -0.2) is 16.8 Å². The topological polar surface area (TPSA) is 41.9 Å². The lowest BCUT2D eigenvalue weighted by molar-refractivity contribution is -0.135. The normalized spacial score (nSPS) is 15.7. The summed E-state index contributed by atoms with van der Waals surface area (Å²) in [5.74, 6) is 0.284. The second kappa shape index (κ2) is 7.48. The van der Waals surface area contributed by atoms with E-state index in [0.29, 0.717) is 5.90 Å². The minimum Gasteiger partial charge on any atom is -0.446 e. The Kier molecular flexibility index (Phi) is 4.52. The number of rotatable bonds is 3. The van der Waals surface area contributed by atoms with Gasteiger partial charge in [0.15, 0.2) is 0 Å². The van der Waals surface area contributed by atoms with E-state index in [9.17, 15) is 4.79 Å². The first-order valence-electron chi connectivity index (χ1n) is 9.89. The first-order valence-corrected chi connectivity index (χ1v) is 9.89. The van der Waals surface area contributed by atoms with Crippen molar-refractivity contribution in [1.29, 1.82) is 0 Å². The molecule has 146 valence electrons. The minimum atomic E-state index is -0.573. The molecular weight excluding hydrogens is 372 g/mol. The van der Waals surface area contributed by atoms with Crippen LogP contribution < -0.4 is 0 Å². The third kappa shape index (κ3) is 3.33. The Morgan fingerprint density at radius 3 is 2.13 bits per heavy atom. The molecule has 1 heterocycles. The molecule has 0 aromatic heterocycles. The molecule has 1 aliphatic rings. The van der Waals surface area contributed by atoms with E-state index in [1.807, 2.05) is 72.8 Å². The summed E-state index contributed by atoms with van der Waals surface area (Å²) in [5, 5.41) is 8.13. The second-order valence-corrected chi connectivity index (χ2v) is 7.29. The van der Waals surface area contributed by atoms with E-state index in [1.165, 1.54) is 11.9 Å². The SMILES string of the molecule is CC(=O)N1N=C(c2ccc(-c3ccccc3)cc2)O[C@@H]1c1ccc2ccccc2c1. The van der Waals surface area contributed by atoms with Crippen LogP contribution in [0.1, 0.15) is 24.3 Å². The average molecular weight is 392 g/mol. The van der Waals surface area contributed by atoms with Crippen LogP contribution in [0.4, 0.5) is 0 Å². The lowest BCUT2D eigenvalue weighted by Gasteiger charge is -2.19. The van der Waals surface area contributed by atoms with E-state index in [1.54, 1.807) is 0 Å². The molecule has 30 heavy (non-hydrogen) atoms. The molecule has 1 amide bonds. The predicted molar refractivity (Wildman–Crippen MR) is 119 cm³/mol. The Bertz CT molecular complexity index is 1250. The van der Waals surface area contributed by atoms with Crippen molar-refractivity contribution in [3.63, 3.8) is 0 Å². The number of hydrogen-bond donors (Lipinski definition) is 0. The Morgan fingerprint density at radius 2 is 1.40 bits per heavy atom. The van der Waals surface area contributed by atoms with Crippen LogP contribution in [0, 0.1) is 0 Å². The molecule has 4 heteroatoms. The highest BCUT2D eigenvalue weighted by atomic mass is 16.5. The summed E-state index contributed by atoms with van der Waals surface area (Å²) in [5.41, 5.74) is 4.00. The van der Waals surface area contributed by atoms with Crippen molar-refractivity contribution in [3.8, 4) is 11.1 Å². The number of ether oxygens (including phenoxy) is 1. The van der Waals surface area contributed by atoms with Crippen LogP contribution in [0.3, 0.4) is 0 Å². The molecule has 0 N–H and O–H groups in total. The van der Waals surface area contributed by atoms with Gasteiger partial charge >= 0.3 is 0 Å². The molecule has 0 bridgehead atoms. The maximum absolute atomic E-state index is 12.2. The first kappa shape index (κ1) is 18.1. The van der Waals surface area contributed by atoms with Gasteiger partial charge < -0.3 is 4.74 Å². The average Bonchev–Trinajstić information content (AvgIpc) is 3.25. The van der Waals surface area contributed by atoms with Gasteiger partial charge in [-0.15, -0.1) is 5.10 Å². The van der Waals surface area contributed by atoms with Crippen LogP contribution in [-0.2, 0) is 9.53 Å². The highest BCUT2D eigenvalue weighted by molar-refractivity contribution is 5.97. The molecule has 0 fully saturated rings. The lowest BCUT2D eigenvalue weighted by atomic mass is 10.0. The number of hydrogen-bond acceptors (Lipinski definition) is 3. The standard InChI is InChI=1S/C26H20N2O2/c1-18(29)28-26(24-16-13-20-9-5-6-10-23(20)17-24)30-25(27-28)22-14-11-21(12-15-22)19-7-3-2-4-8-19/h2-17,26H,1H3/t26-/m1/s1. The van der Waals surface area contributed by atoms with Gasteiger partial charge in [0.2, 0.25) is 18.0 Å². The molecular formula is C26H20N2O2. The van der Waals surface area contributed by atoms with Crippen molar-refractivity contribution >= 4 is 22.6 Å². The monoisotopic (exact) mass is 392 g/mol. The number of benzene rings is 4. The molecule has 5 rings (SSSR count). The van der Waals surface area contributed by atoms with Crippen molar-refractivity contribution in [2.45, 2.75) is 13.2 Å². The Balaban J connectivity index is 1.45. The van der Waals surface area contributed by atoms with Gasteiger partial charge in [0, 0.05) is 18.1 Å². The van der Waals surface area contributed by atoms with Crippen molar-refractivity contribution in [2.75, 3.05) is 0 Å². The molecule has 1 atom stereocenters. The lowest BCUT2D eigenvalue weighted by Crippen LogP contribution is -2.25. The zero-order valence-electron chi connectivity index (χ0n) is 16.5. The summed E-state index contributed by atoms with van der Waals surface area (Å²) in [4.78, 5) is 12.2. The largest absolute Gasteiger partial charge is 0.446 e. The fourth-order valence-electron chi connectivity index (χ4n) is 3.70. The zero-order chi connectivity index (χ0) is 20.5. The van der Waals surface area contributed by atoms with Crippen molar-refractivity contribution in [1.82, 2.24) is 5.01 Å². The minimum absolute atomic E-state index is 0.163. The quantitative estimate of drug-likeness (QED) is 0.446. The van der Waals surface area contributed by atoms with E-state index < -0.39 is 6.23 Å². The van der Waals surface area contributed by atoms with Crippen molar-refractivity contribution in [2.24, 2.45) is 5.10 Å². The van der Waals surface area contributed by atoms with Gasteiger partial charge in [-0.2, -0.15) is 5.01 Å². The molecule has 4 aromatic carbocycles. The van der Waals surface area contributed by atoms with E-state index in [-0.39, 0.29) is 5.91 Å². The number of fused-ring (bicyclic) bond motifs is 1. The Labute approximate surface area is 175 Å². The highest BCUT2D eigenvalue weighted by Crippen LogP contribution is 2.32. The van der Waals surface area contributed by atoms with Crippen LogP contribution in [0.25, 0.3) is 21.9 Å². The third-order valence-corrected chi connectivity index (χ3v) is 5.26. The molecule has 0 aliphatic carbocycles. The predicted octanol–water partition coefficient (Wildman–Crippen LogP) is 5.75. The molecule has 4 nitrogen and oxygen atoms in total. The molecule has 0 saturated heterocycles. The first-order chi connectivity index (χ1) is 14.7. The number of carbonyl (C=O) groups excluding carboxylic acids is 1. The third-order valence-electron chi connectivity index (χ3n) is 5.26.